The summed E-state index contributed by atoms with van der Waals surface area (Å²) in [5.41, 5.74) is 0.1000. The first-order valence-corrected chi connectivity index (χ1v) is 11.3. The minimum atomic E-state index is -3.63. The van der Waals surface area contributed by atoms with Crippen molar-refractivity contribution in [3.63, 3.8) is 0 Å². The lowest BCUT2D eigenvalue weighted by molar-refractivity contribution is 0.163. The van der Waals surface area contributed by atoms with Gasteiger partial charge in [-0.3, -0.25) is 5.21 Å². The van der Waals surface area contributed by atoms with Crippen LogP contribution in [0.3, 0.4) is 0 Å². The van der Waals surface area contributed by atoms with Crippen molar-refractivity contribution in [3.8, 4) is 11.5 Å². The van der Waals surface area contributed by atoms with Gasteiger partial charge in [-0.05, 0) is 24.6 Å². The van der Waals surface area contributed by atoms with E-state index in [0.29, 0.717) is 28.7 Å². The largest absolute Gasteiger partial charge is 0.493 e. The molecule has 1 heterocycles. The van der Waals surface area contributed by atoms with E-state index >= 15 is 0 Å². The Balaban J connectivity index is 2.53. The molecule has 0 fully saturated rings. The van der Waals surface area contributed by atoms with E-state index in [-0.39, 0.29) is 11.5 Å². The van der Waals surface area contributed by atoms with Gasteiger partial charge < -0.3 is 14.8 Å². The normalized spacial score (nSPS) is 12.5. The molecule has 2 N–H and O–H groups in total. The number of sulfone groups is 1. The number of ether oxygens (including phenoxy) is 2. The van der Waals surface area contributed by atoms with Crippen LogP contribution in [0.4, 0.5) is 24.7 Å². The van der Waals surface area contributed by atoms with Crippen molar-refractivity contribution in [1.82, 2.24) is 4.98 Å². The molecule has 1 unspecified atom stereocenters. The number of alkyl halides is 2. The van der Waals surface area contributed by atoms with Gasteiger partial charge in [-0.1, -0.05) is 6.07 Å². The lowest BCUT2D eigenvalue weighted by atomic mass is 10.1. The van der Waals surface area contributed by atoms with E-state index in [1.54, 1.807) is 6.92 Å². The molecule has 1 aromatic carbocycles. The topological polar surface area (TPSA) is 101 Å². The third kappa shape index (κ3) is 6.89. The predicted molar refractivity (Wildman–Crippen MR) is 110 cm³/mol. The average Bonchev–Trinajstić information content (AvgIpc) is 2.69. The highest BCUT2D eigenvalue weighted by Gasteiger charge is 2.28. The van der Waals surface area contributed by atoms with Crippen LogP contribution in [-0.4, -0.2) is 57.3 Å². The molecule has 1 atom stereocenters. The zero-order chi connectivity index (χ0) is 23.2. The minimum absolute atomic E-state index is 0.222. The van der Waals surface area contributed by atoms with E-state index < -0.39 is 40.4 Å². The van der Waals surface area contributed by atoms with Crippen molar-refractivity contribution in [2.24, 2.45) is 0 Å². The first-order valence-electron chi connectivity index (χ1n) is 9.19. The summed E-state index contributed by atoms with van der Waals surface area (Å²) in [5.74, 6) is -0.972. The molecular weight excluding hydrogens is 439 g/mol. The average molecular weight is 463 g/mol. The Morgan fingerprint density at radius 1 is 1.26 bits per heavy atom. The van der Waals surface area contributed by atoms with Crippen molar-refractivity contribution in [3.05, 3.63) is 41.8 Å². The Hall–Kier alpha value is -2.73. The molecule has 12 heteroatoms. The summed E-state index contributed by atoms with van der Waals surface area (Å²) >= 11 is 0. The van der Waals surface area contributed by atoms with Crippen LogP contribution in [0.15, 0.2) is 30.5 Å². The predicted octanol–water partition coefficient (Wildman–Crippen LogP) is 3.29. The molecule has 0 spiro atoms. The molecule has 0 saturated carbocycles. The first kappa shape index (κ1) is 24.5. The number of benzene rings is 1. The highest BCUT2D eigenvalue weighted by Crippen LogP contribution is 2.35. The minimum Gasteiger partial charge on any atom is -0.493 e. The second kappa shape index (κ2) is 10.5. The zero-order valence-electron chi connectivity index (χ0n) is 17.2. The Morgan fingerprint density at radius 2 is 1.97 bits per heavy atom. The molecule has 172 valence electrons. The van der Waals surface area contributed by atoms with Crippen LogP contribution in [0.5, 0.6) is 11.5 Å². The molecule has 31 heavy (non-hydrogen) atoms. The van der Waals surface area contributed by atoms with Gasteiger partial charge in [0.2, 0.25) is 0 Å². The molecule has 0 aliphatic rings. The monoisotopic (exact) mass is 463 g/mol. The van der Waals surface area contributed by atoms with Gasteiger partial charge in [-0.2, -0.15) is 0 Å². The number of nitrogens with zero attached hydrogens (tertiary/aromatic N) is 2. The zero-order valence-corrected chi connectivity index (χ0v) is 18.0. The Kier molecular flexibility index (Phi) is 8.34. The van der Waals surface area contributed by atoms with E-state index in [4.69, 9.17) is 9.47 Å². The number of methoxy groups -OCH3 is 1. The van der Waals surface area contributed by atoms with E-state index in [1.165, 1.54) is 25.3 Å². The summed E-state index contributed by atoms with van der Waals surface area (Å²) in [6, 6.07) is 4.24. The van der Waals surface area contributed by atoms with E-state index in [2.05, 4.69) is 10.3 Å². The smallest absolute Gasteiger partial charge is 0.255 e. The van der Waals surface area contributed by atoms with E-state index in [0.717, 1.165) is 18.5 Å². The van der Waals surface area contributed by atoms with Crippen molar-refractivity contribution in [2.75, 3.05) is 42.7 Å². The van der Waals surface area contributed by atoms with E-state index in [1.807, 2.05) is 0 Å². The standard InChI is InChI=1S/C19H24F3N3O5S/c1-4-30-17-7-12(5-6-16(17)29-2)15(11-31(3,27)28)25(26)19-14(23-10-18(21)22)8-13(20)9-24-19/h5-9,15,18,23,26H,4,10-11H2,1-3H3. The molecule has 2 rings (SSSR count). The molecule has 0 aliphatic heterocycles. The summed E-state index contributed by atoms with van der Waals surface area (Å²) in [6.07, 6.45) is -0.983. The number of hydrogen-bond donors (Lipinski definition) is 2. The highest BCUT2D eigenvalue weighted by molar-refractivity contribution is 7.90. The van der Waals surface area contributed by atoms with Gasteiger partial charge in [0.1, 0.15) is 15.7 Å². The third-order valence-electron chi connectivity index (χ3n) is 4.13. The Bertz CT molecular complexity index is 992. The molecule has 2 aromatic rings. The summed E-state index contributed by atoms with van der Waals surface area (Å²) in [4.78, 5) is 3.77. The van der Waals surface area contributed by atoms with Crippen LogP contribution in [0.2, 0.25) is 0 Å². The maximum Gasteiger partial charge on any atom is 0.255 e. The summed E-state index contributed by atoms with van der Waals surface area (Å²) in [7, 11) is -2.19. The van der Waals surface area contributed by atoms with Crippen LogP contribution >= 0.6 is 0 Å². The third-order valence-corrected chi connectivity index (χ3v) is 5.05. The van der Waals surface area contributed by atoms with Crippen LogP contribution in [0, 0.1) is 5.82 Å². The Labute approximate surface area is 178 Å². The van der Waals surface area contributed by atoms with Gasteiger partial charge in [0.05, 0.1) is 43.9 Å². The molecule has 1 aromatic heterocycles. The van der Waals surface area contributed by atoms with Crippen LogP contribution in [-0.2, 0) is 9.84 Å². The highest BCUT2D eigenvalue weighted by atomic mass is 32.2. The maximum absolute atomic E-state index is 13.6. The molecule has 0 aliphatic carbocycles. The van der Waals surface area contributed by atoms with Crippen molar-refractivity contribution >= 4 is 21.3 Å². The summed E-state index contributed by atoms with van der Waals surface area (Å²) in [5, 5.41) is 13.7. The fourth-order valence-corrected chi connectivity index (χ4v) is 3.75. The molecule has 8 nitrogen and oxygen atoms in total. The van der Waals surface area contributed by atoms with Crippen molar-refractivity contribution in [1.29, 1.82) is 0 Å². The molecule has 0 radical (unpaired) electrons. The molecule has 0 saturated heterocycles. The van der Waals surface area contributed by atoms with Gasteiger partial charge in [0.25, 0.3) is 6.43 Å². The number of anilines is 2. The van der Waals surface area contributed by atoms with Gasteiger partial charge >= 0.3 is 0 Å². The van der Waals surface area contributed by atoms with Gasteiger partial charge in [-0.15, -0.1) is 0 Å². The molecular formula is C19H24F3N3O5S. The fraction of sp³-hybridized carbons (Fsp3) is 0.421. The number of hydrogen-bond acceptors (Lipinski definition) is 8. The first-order chi connectivity index (χ1) is 14.6. The molecule has 0 bridgehead atoms. The lowest BCUT2D eigenvalue weighted by Crippen LogP contribution is -2.32. The van der Waals surface area contributed by atoms with Crippen molar-refractivity contribution in [2.45, 2.75) is 19.4 Å². The lowest BCUT2D eigenvalue weighted by Gasteiger charge is -2.29. The quantitative estimate of drug-likeness (QED) is 0.490. The van der Waals surface area contributed by atoms with Gasteiger partial charge in [0.15, 0.2) is 17.3 Å². The molecule has 0 amide bonds. The van der Waals surface area contributed by atoms with Crippen LogP contribution in [0.25, 0.3) is 0 Å². The van der Waals surface area contributed by atoms with Crippen LogP contribution in [0.1, 0.15) is 18.5 Å². The number of aromatic nitrogens is 1. The van der Waals surface area contributed by atoms with Crippen molar-refractivity contribution < 1.29 is 36.3 Å². The number of rotatable bonds is 11. The number of hydroxylamine groups is 1. The number of pyridine rings is 1. The maximum atomic E-state index is 13.6. The fourth-order valence-electron chi connectivity index (χ4n) is 2.84. The second-order valence-electron chi connectivity index (χ2n) is 6.59. The van der Waals surface area contributed by atoms with Gasteiger partial charge in [-0.25, -0.2) is 31.6 Å². The second-order valence-corrected chi connectivity index (χ2v) is 8.78. The van der Waals surface area contributed by atoms with Gasteiger partial charge in [0, 0.05) is 12.3 Å². The Morgan fingerprint density at radius 3 is 2.55 bits per heavy atom. The SMILES string of the molecule is CCOc1cc(C(CS(C)(=O)=O)N(O)c2ncc(F)cc2NCC(F)F)ccc1OC. The van der Waals surface area contributed by atoms with E-state index in [9.17, 15) is 26.8 Å². The summed E-state index contributed by atoms with van der Waals surface area (Å²) < 4.78 is 73.7. The summed E-state index contributed by atoms with van der Waals surface area (Å²) in [6.45, 7) is 1.24. The number of halogens is 3. The number of nitrogens with one attached hydrogen (secondary N) is 1. The van der Waals surface area contributed by atoms with Crippen LogP contribution < -0.4 is 19.9 Å².